The van der Waals surface area contributed by atoms with Crippen molar-refractivity contribution in [3.8, 4) is 0 Å². The van der Waals surface area contributed by atoms with Crippen molar-refractivity contribution in [2.75, 3.05) is 13.0 Å². The normalized spacial score (nSPS) is 12.8. The van der Waals surface area contributed by atoms with E-state index in [1.165, 1.54) is 12.3 Å². The van der Waals surface area contributed by atoms with Crippen molar-refractivity contribution in [1.82, 2.24) is 0 Å². The van der Waals surface area contributed by atoms with Crippen LogP contribution in [0.3, 0.4) is 0 Å². The fraction of sp³-hybridized carbons (Fsp3) is 0.333. The summed E-state index contributed by atoms with van der Waals surface area (Å²) >= 11 is 0.832. The second-order valence-corrected chi connectivity index (χ2v) is 6.11. The van der Waals surface area contributed by atoms with Crippen LogP contribution in [0.4, 0.5) is 13.2 Å². The van der Waals surface area contributed by atoms with Gasteiger partial charge in [-0.3, -0.25) is 0 Å². The van der Waals surface area contributed by atoms with Gasteiger partial charge in [0.2, 0.25) is 6.79 Å². The molecule has 0 spiro atoms. The zero-order chi connectivity index (χ0) is 15.4. The van der Waals surface area contributed by atoms with Crippen molar-refractivity contribution in [3.63, 3.8) is 0 Å². The molecule has 0 aliphatic rings. The monoisotopic (exact) mass is 349 g/mol. The van der Waals surface area contributed by atoms with Crippen LogP contribution < -0.4 is 0 Å². The fourth-order valence-corrected chi connectivity index (χ4v) is 3.65. The minimum atomic E-state index is -4.85. The summed E-state index contributed by atoms with van der Waals surface area (Å²) in [5.41, 5.74) is -1.33. The quantitative estimate of drug-likeness (QED) is 0.258. The van der Waals surface area contributed by atoms with Gasteiger partial charge < -0.3 is 0 Å². The molecule has 0 bridgehead atoms. The van der Waals surface area contributed by atoms with Crippen LogP contribution in [0, 0.1) is 0 Å². The van der Waals surface area contributed by atoms with Gasteiger partial charge in [-0.2, -0.15) is 21.6 Å². The highest BCUT2D eigenvalue weighted by Gasteiger charge is 2.39. The maximum atomic E-state index is 12.9. The Balaban J connectivity index is 3.37. The van der Waals surface area contributed by atoms with E-state index in [1.54, 1.807) is 0 Å². The molecule has 20 heavy (non-hydrogen) atoms. The summed E-state index contributed by atoms with van der Waals surface area (Å²) in [6.45, 7) is -0.926. The first kappa shape index (κ1) is 17.4. The lowest BCUT2D eigenvalue weighted by Crippen LogP contribution is -2.16. The first-order valence-electron chi connectivity index (χ1n) is 4.86. The Morgan fingerprint density at radius 2 is 2.00 bits per heavy atom. The molecule has 5 nitrogen and oxygen atoms in total. The molecule has 0 radical (unpaired) electrons. The van der Waals surface area contributed by atoms with Gasteiger partial charge in [0.15, 0.2) is 0 Å². The Kier molecular flexibility index (Phi) is 5.96. The van der Waals surface area contributed by atoms with Crippen LogP contribution in [0.15, 0.2) is 28.0 Å². The molecule has 0 N–H and O–H groups in total. The van der Waals surface area contributed by atoms with Crippen molar-refractivity contribution < 1.29 is 34.9 Å². The minimum Gasteiger partial charge on any atom is -0.232 e. The third kappa shape index (κ3) is 4.16. The average Bonchev–Trinajstić information content (AvgIpc) is 2.37. The van der Waals surface area contributed by atoms with E-state index in [4.69, 9.17) is 0 Å². The number of thioether (sulfide) groups is 1. The van der Waals surface area contributed by atoms with Crippen LogP contribution in [-0.2, 0) is 29.6 Å². The highest BCUT2D eigenvalue weighted by Crippen LogP contribution is 2.39. The molecule has 0 amide bonds. The van der Waals surface area contributed by atoms with Crippen molar-refractivity contribution in [3.05, 3.63) is 23.8 Å². The molecule has 0 heterocycles. The van der Waals surface area contributed by atoms with Crippen LogP contribution >= 0.6 is 20.4 Å². The predicted octanol–water partition coefficient (Wildman–Crippen LogP) is 3.05. The molecule has 0 aromatic heterocycles. The van der Waals surface area contributed by atoms with E-state index in [0.29, 0.717) is 6.07 Å². The molecule has 0 saturated heterocycles. The summed E-state index contributed by atoms with van der Waals surface area (Å²) in [6.07, 6.45) is -3.41. The standard InChI is InChI=1S/C9H9F3O5PS2/c1-19-7-4-2-3-6(9(10,11)12)8(7)20(14,15)17-5-16-18-13/h2-4,18H,5H2,1H3/q+1. The maximum Gasteiger partial charge on any atom is 0.496 e. The number of rotatable bonds is 6. The van der Waals surface area contributed by atoms with Gasteiger partial charge in [-0.25, -0.2) is 4.18 Å². The van der Waals surface area contributed by atoms with E-state index in [1.807, 2.05) is 0 Å². The average molecular weight is 349 g/mol. The molecule has 1 aromatic rings. The highest BCUT2D eigenvalue weighted by molar-refractivity contribution is 7.99. The van der Waals surface area contributed by atoms with E-state index >= 15 is 0 Å². The third-order valence-corrected chi connectivity index (χ3v) is 4.57. The predicted molar refractivity (Wildman–Crippen MR) is 66.4 cm³/mol. The Bertz CT molecular complexity index is 588. The summed E-state index contributed by atoms with van der Waals surface area (Å²) in [5.74, 6) is 0. The molecule has 1 rings (SSSR count). The van der Waals surface area contributed by atoms with Crippen LogP contribution in [0.25, 0.3) is 0 Å². The molecular weight excluding hydrogens is 340 g/mol. The Morgan fingerprint density at radius 1 is 1.35 bits per heavy atom. The summed E-state index contributed by atoms with van der Waals surface area (Å²) in [6, 6.07) is 2.97. The Labute approximate surface area is 118 Å². The number of hydrogen-bond acceptors (Lipinski definition) is 6. The zero-order valence-corrected chi connectivity index (χ0v) is 12.6. The molecule has 0 fully saturated rings. The van der Waals surface area contributed by atoms with E-state index in [2.05, 4.69) is 8.71 Å². The topological polar surface area (TPSA) is 69.7 Å². The lowest BCUT2D eigenvalue weighted by Gasteiger charge is -2.15. The molecule has 1 unspecified atom stereocenters. The van der Waals surface area contributed by atoms with Crippen LogP contribution in [0.2, 0.25) is 0 Å². The van der Waals surface area contributed by atoms with Gasteiger partial charge in [0.25, 0.3) is 0 Å². The summed E-state index contributed by atoms with van der Waals surface area (Å²) < 4.78 is 80.8. The minimum absolute atomic E-state index is 0.107. The Hall–Kier alpha value is -0.670. The lowest BCUT2D eigenvalue weighted by molar-refractivity contribution is -0.140. The van der Waals surface area contributed by atoms with E-state index in [0.717, 1.165) is 17.8 Å². The summed E-state index contributed by atoms with van der Waals surface area (Å²) in [4.78, 5) is -1.08. The van der Waals surface area contributed by atoms with E-state index < -0.39 is 42.2 Å². The van der Waals surface area contributed by atoms with Gasteiger partial charge in [0.05, 0.1) is 5.56 Å². The van der Waals surface area contributed by atoms with Crippen LogP contribution in [0.1, 0.15) is 5.56 Å². The van der Waals surface area contributed by atoms with Crippen molar-refractivity contribution in [2.24, 2.45) is 0 Å². The third-order valence-electron chi connectivity index (χ3n) is 2.08. The number of hydrogen-bond donors (Lipinski definition) is 0. The maximum absolute atomic E-state index is 12.9. The van der Waals surface area contributed by atoms with Crippen molar-refractivity contribution >= 4 is 30.6 Å². The summed E-state index contributed by atoms with van der Waals surface area (Å²) in [7, 11) is -5.97. The molecule has 1 atom stereocenters. The van der Waals surface area contributed by atoms with E-state index in [9.17, 15) is 26.2 Å². The lowest BCUT2D eigenvalue weighted by atomic mass is 10.2. The molecule has 1 aromatic carbocycles. The van der Waals surface area contributed by atoms with Gasteiger partial charge in [-0.05, 0) is 23.0 Å². The second-order valence-electron chi connectivity index (χ2n) is 3.25. The molecule has 112 valence electrons. The highest BCUT2D eigenvalue weighted by atomic mass is 32.2. The number of alkyl halides is 3. The Morgan fingerprint density at radius 3 is 2.50 bits per heavy atom. The van der Waals surface area contributed by atoms with Gasteiger partial charge in [-0.1, -0.05) is 6.07 Å². The number of benzene rings is 1. The largest absolute Gasteiger partial charge is 0.496 e. The van der Waals surface area contributed by atoms with Crippen molar-refractivity contribution in [2.45, 2.75) is 16.0 Å². The second kappa shape index (κ2) is 6.86. The smallest absolute Gasteiger partial charge is 0.232 e. The van der Waals surface area contributed by atoms with Gasteiger partial charge in [-0.15, -0.1) is 16.3 Å². The van der Waals surface area contributed by atoms with Crippen molar-refractivity contribution in [1.29, 1.82) is 0 Å². The molecule has 0 saturated carbocycles. The fourth-order valence-electron chi connectivity index (χ4n) is 1.33. The van der Waals surface area contributed by atoms with Crippen LogP contribution in [-0.4, -0.2) is 21.5 Å². The molecule has 11 heteroatoms. The number of halogens is 3. The molecule has 0 aliphatic carbocycles. The first-order valence-corrected chi connectivity index (χ1v) is 8.31. The molecule has 0 aliphatic heterocycles. The molecular formula is C9H9F3O5PS2+. The SMILES string of the molecule is CSc1cccc(C(F)(F)F)c1S(=O)(=O)OCO[PH+]=O. The van der Waals surface area contributed by atoms with Gasteiger partial charge >= 0.3 is 25.0 Å². The first-order chi connectivity index (χ1) is 9.24. The summed E-state index contributed by atoms with van der Waals surface area (Å²) in [5, 5.41) is 0. The van der Waals surface area contributed by atoms with Gasteiger partial charge in [0.1, 0.15) is 4.90 Å². The van der Waals surface area contributed by atoms with Gasteiger partial charge in [0, 0.05) is 4.90 Å². The van der Waals surface area contributed by atoms with E-state index in [-0.39, 0.29) is 4.90 Å². The zero-order valence-electron chi connectivity index (χ0n) is 9.93. The van der Waals surface area contributed by atoms with Crippen LogP contribution in [0.5, 0.6) is 0 Å².